The Labute approximate surface area is 165 Å². The molecule has 0 bridgehead atoms. The van der Waals surface area contributed by atoms with E-state index in [9.17, 15) is 0 Å². The van der Waals surface area contributed by atoms with Gasteiger partial charge in [0.25, 0.3) is 0 Å². The van der Waals surface area contributed by atoms with Crippen LogP contribution in [0.2, 0.25) is 12.1 Å². The van der Waals surface area contributed by atoms with Crippen molar-refractivity contribution in [3.05, 3.63) is 0 Å². The summed E-state index contributed by atoms with van der Waals surface area (Å²) >= 11 is 0. The summed E-state index contributed by atoms with van der Waals surface area (Å²) in [5.74, 6) is 0.273. The van der Waals surface area contributed by atoms with E-state index in [1.807, 2.05) is 4.90 Å². The number of hydrogen-bond donors (Lipinski definition) is 3. The second-order valence-electron chi connectivity index (χ2n) is 5.93. The Morgan fingerprint density at radius 1 is 0.741 bits per heavy atom. The second-order valence-corrected chi connectivity index (χ2v) is 12.1. The zero-order valence-electron chi connectivity index (χ0n) is 17.4. The third kappa shape index (κ3) is 8.78. The van der Waals surface area contributed by atoms with Gasteiger partial charge in [0.15, 0.2) is 0 Å². The highest BCUT2D eigenvalue weighted by Crippen LogP contribution is 2.18. The van der Waals surface area contributed by atoms with Gasteiger partial charge in [0.1, 0.15) is 5.84 Å². The highest BCUT2D eigenvalue weighted by molar-refractivity contribution is 6.60. The molecule has 0 rings (SSSR count). The van der Waals surface area contributed by atoms with E-state index in [-0.39, 0.29) is 12.3 Å². The van der Waals surface area contributed by atoms with Crippen molar-refractivity contribution < 1.29 is 26.6 Å². The van der Waals surface area contributed by atoms with Gasteiger partial charge in [0.2, 0.25) is 0 Å². The van der Waals surface area contributed by atoms with Crippen molar-refractivity contribution >= 4 is 29.3 Å². The van der Waals surface area contributed by atoms with E-state index in [1.54, 1.807) is 42.7 Å². The average Bonchev–Trinajstić information content (AvgIpc) is 2.67. The van der Waals surface area contributed by atoms with Crippen molar-refractivity contribution in [1.82, 2.24) is 4.90 Å². The van der Waals surface area contributed by atoms with E-state index in [0.717, 1.165) is 12.8 Å². The van der Waals surface area contributed by atoms with Crippen LogP contribution < -0.4 is 5.73 Å². The van der Waals surface area contributed by atoms with Gasteiger partial charge in [-0.1, -0.05) is 0 Å². The lowest BCUT2D eigenvalue weighted by molar-refractivity contribution is 0.121. The van der Waals surface area contributed by atoms with Gasteiger partial charge in [-0.3, -0.25) is 10.8 Å². The number of rotatable bonds is 16. The molecular weight excluding hydrogens is 388 g/mol. The molecule has 0 aromatic heterocycles. The maximum Gasteiger partial charge on any atom is 0.500 e. The van der Waals surface area contributed by atoms with E-state index in [2.05, 4.69) is 0 Å². The Kier molecular flexibility index (Phi) is 12.9. The van der Waals surface area contributed by atoms with Crippen LogP contribution in [0.4, 0.5) is 0 Å². The lowest BCUT2D eigenvalue weighted by Gasteiger charge is -2.29. The molecule has 0 unspecified atom stereocenters. The SMILES string of the molecule is CO[Si](CCCN(CCC[Si](OC)(OC)OC)C(=N)CC(=N)N)(OC)OC. The molecule has 0 radical (unpaired) electrons. The van der Waals surface area contributed by atoms with Crippen LogP contribution in [0.1, 0.15) is 19.3 Å². The van der Waals surface area contributed by atoms with E-state index >= 15 is 0 Å². The topological polar surface area (TPSA) is 132 Å². The van der Waals surface area contributed by atoms with Crippen LogP contribution in [0.25, 0.3) is 0 Å². The van der Waals surface area contributed by atoms with Gasteiger partial charge in [-0.2, -0.15) is 0 Å². The molecule has 160 valence electrons. The van der Waals surface area contributed by atoms with Gasteiger partial charge in [-0.05, 0) is 12.8 Å². The Morgan fingerprint density at radius 3 is 1.33 bits per heavy atom. The van der Waals surface area contributed by atoms with Crippen molar-refractivity contribution in [2.45, 2.75) is 31.4 Å². The first-order valence-corrected chi connectivity index (χ1v) is 12.6. The first-order valence-electron chi connectivity index (χ1n) is 8.73. The molecule has 0 aromatic rings. The molecule has 0 aliphatic rings. The third-order valence-electron chi connectivity index (χ3n) is 4.43. The summed E-state index contributed by atoms with van der Waals surface area (Å²) in [7, 11) is 4.20. The van der Waals surface area contributed by atoms with Gasteiger partial charge in [-0.15, -0.1) is 0 Å². The molecule has 0 atom stereocenters. The molecule has 0 spiro atoms. The van der Waals surface area contributed by atoms with Crippen molar-refractivity contribution in [3.8, 4) is 0 Å². The number of amidine groups is 2. The largest absolute Gasteiger partial charge is 0.500 e. The number of hydrogen-bond acceptors (Lipinski definition) is 8. The third-order valence-corrected chi connectivity index (χ3v) is 10.1. The van der Waals surface area contributed by atoms with Gasteiger partial charge in [-0.25, -0.2) is 0 Å². The molecule has 0 aliphatic heterocycles. The predicted octanol–water partition coefficient (Wildman–Crippen LogP) is 1.13. The van der Waals surface area contributed by atoms with Crippen LogP contribution in [0, 0.1) is 10.8 Å². The van der Waals surface area contributed by atoms with E-state index in [0.29, 0.717) is 31.0 Å². The minimum atomic E-state index is -2.65. The second kappa shape index (κ2) is 13.3. The van der Waals surface area contributed by atoms with Crippen molar-refractivity contribution in [2.75, 3.05) is 55.7 Å². The standard InChI is InChI=1S/C15H36N4O6Si2/c1-20-26(21-2,22-3)11-7-9-19(15(18)13-14(16)17)10-8-12-27(23-4,24-5)25-6/h18H,7-13H2,1-6H3,(H3,16,17). The summed E-state index contributed by atoms with van der Waals surface area (Å²) < 4.78 is 32.6. The normalized spacial score (nSPS) is 12.2. The van der Waals surface area contributed by atoms with Gasteiger partial charge in [0.05, 0.1) is 12.3 Å². The fourth-order valence-corrected chi connectivity index (χ4v) is 6.17. The Bertz CT molecular complexity index is 407. The molecule has 27 heavy (non-hydrogen) atoms. The molecule has 0 amide bonds. The quantitative estimate of drug-likeness (QED) is 0.191. The molecule has 0 heterocycles. The molecule has 0 saturated heterocycles. The van der Waals surface area contributed by atoms with Crippen LogP contribution >= 0.6 is 0 Å². The molecular formula is C15H36N4O6Si2. The monoisotopic (exact) mass is 424 g/mol. The Balaban J connectivity index is 4.84. The fourth-order valence-electron chi connectivity index (χ4n) is 2.76. The molecule has 0 aromatic carbocycles. The summed E-state index contributed by atoms with van der Waals surface area (Å²) in [6.45, 7) is 1.22. The van der Waals surface area contributed by atoms with Crippen LogP contribution in [0.15, 0.2) is 0 Å². The maximum atomic E-state index is 8.25. The molecule has 0 aliphatic carbocycles. The zero-order chi connectivity index (χ0) is 20.9. The number of nitrogens with zero attached hydrogens (tertiary/aromatic N) is 1. The molecule has 4 N–H and O–H groups in total. The molecule has 12 heteroatoms. The first-order chi connectivity index (χ1) is 12.8. The minimum absolute atomic E-state index is 0.0335. The van der Waals surface area contributed by atoms with Gasteiger partial charge < -0.3 is 37.2 Å². The Morgan fingerprint density at radius 2 is 1.07 bits per heavy atom. The summed E-state index contributed by atoms with van der Waals surface area (Å²) in [6, 6.07) is 1.26. The highest BCUT2D eigenvalue weighted by atomic mass is 28.4. The Hall–Kier alpha value is -0.866. The van der Waals surface area contributed by atoms with E-state index in [1.165, 1.54) is 0 Å². The van der Waals surface area contributed by atoms with E-state index < -0.39 is 17.6 Å². The van der Waals surface area contributed by atoms with Crippen molar-refractivity contribution in [2.24, 2.45) is 5.73 Å². The number of nitrogens with one attached hydrogen (secondary N) is 2. The summed E-state index contributed by atoms with van der Waals surface area (Å²) in [4.78, 5) is 1.90. The van der Waals surface area contributed by atoms with Crippen LogP contribution in [0.3, 0.4) is 0 Å². The van der Waals surface area contributed by atoms with Gasteiger partial charge in [0, 0.05) is 67.8 Å². The molecule has 0 saturated carbocycles. The zero-order valence-corrected chi connectivity index (χ0v) is 19.4. The van der Waals surface area contributed by atoms with Crippen LogP contribution in [0.5, 0.6) is 0 Å². The fraction of sp³-hybridized carbons (Fsp3) is 0.867. The van der Waals surface area contributed by atoms with Crippen molar-refractivity contribution in [1.29, 1.82) is 10.8 Å². The summed E-state index contributed by atoms with van der Waals surface area (Å²) in [5, 5.41) is 15.7. The average molecular weight is 425 g/mol. The van der Waals surface area contributed by atoms with E-state index in [4.69, 9.17) is 43.1 Å². The predicted molar refractivity (Wildman–Crippen MR) is 108 cm³/mol. The highest BCUT2D eigenvalue weighted by Gasteiger charge is 2.38. The van der Waals surface area contributed by atoms with Crippen LogP contribution in [-0.2, 0) is 26.6 Å². The maximum absolute atomic E-state index is 8.25. The lowest BCUT2D eigenvalue weighted by Crippen LogP contribution is -2.45. The number of nitrogens with two attached hydrogens (primary N) is 1. The smallest absolute Gasteiger partial charge is 0.387 e. The van der Waals surface area contributed by atoms with Gasteiger partial charge >= 0.3 is 17.6 Å². The lowest BCUT2D eigenvalue weighted by atomic mass is 10.3. The summed E-state index contributed by atoms with van der Waals surface area (Å²) in [6.07, 6.45) is 1.57. The van der Waals surface area contributed by atoms with Crippen LogP contribution in [-0.4, -0.2) is 89.9 Å². The summed E-state index contributed by atoms with van der Waals surface area (Å²) in [5.41, 5.74) is 5.47. The minimum Gasteiger partial charge on any atom is -0.387 e. The first kappa shape index (κ1) is 26.1. The molecule has 0 fully saturated rings. The van der Waals surface area contributed by atoms with Crippen molar-refractivity contribution in [3.63, 3.8) is 0 Å². The molecule has 10 nitrogen and oxygen atoms in total.